The Morgan fingerprint density at radius 3 is 2.03 bits per heavy atom. The number of aryl methyl sites for hydroxylation is 1. The third-order valence-corrected chi connectivity index (χ3v) is 5.61. The molecule has 0 spiro atoms. The number of benzene rings is 2. The van der Waals surface area contributed by atoms with Crippen LogP contribution >= 0.6 is 0 Å². The van der Waals surface area contributed by atoms with E-state index in [-0.39, 0.29) is 16.1 Å². The first-order valence-corrected chi connectivity index (χ1v) is 10.4. The van der Waals surface area contributed by atoms with Gasteiger partial charge in [-0.3, -0.25) is 19.1 Å². The molecule has 0 radical (unpaired) electrons. The van der Waals surface area contributed by atoms with Gasteiger partial charge in [0.15, 0.2) is 0 Å². The Balaban J connectivity index is 2.38. The van der Waals surface area contributed by atoms with Crippen molar-refractivity contribution in [3.05, 3.63) is 59.4 Å². The lowest BCUT2D eigenvalue weighted by molar-refractivity contribution is -0.144. The van der Waals surface area contributed by atoms with Crippen molar-refractivity contribution in [3.63, 3.8) is 0 Å². The molecule has 166 valence electrons. The number of rotatable bonds is 8. The molecule has 0 saturated heterocycles. The van der Waals surface area contributed by atoms with Gasteiger partial charge in [0.2, 0.25) is 0 Å². The van der Waals surface area contributed by atoms with E-state index in [9.17, 15) is 27.2 Å². The van der Waals surface area contributed by atoms with Gasteiger partial charge in [0.25, 0.3) is 15.9 Å². The second kappa shape index (κ2) is 10.0. The van der Waals surface area contributed by atoms with E-state index in [4.69, 9.17) is 0 Å². The minimum atomic E-state index is -4.11. The number of methoxy groups -OCH3 is 2. The minimum absolute atomic E-state index is 0.0326. The van der Waals surface area contributed by atoms with Crippen LogP contribution in [0.4, 0.5) is 10.1 Å². The fourth-order valence-corrected chi connectivity index (χ4v) is 3.63. The molecular weight excluding hydrogens is 431 g/mol. The van der Waals surface area contributed by atoms with E-state index in [1.807, 2.05) is 0 Å². The van der Waals surface area contributed by atoms with Crippen molar-refractivity contribution >= 4 is 33.6 Å². The van der Waals surface area contributed by atoms with Gasteiger partial charge in [-0.05, 0) is 48.9 Å². The van der Waals surface area contributed by atoms with Crippen LogP contribution < -0.4 is 4.72 Å². The van der Waals surface area contributed by atoms with E-state index in [1.54, 1.807) is 6.92 Å². The van der Waals surface area contributed by atoms with Crippen LogP contribution in [0.3, 0.4) is 0 Å². The van der Waals surface area contributed by atoms with Gasteiger partial charge in [0.1, 0.15) is 18.9 Å². The summed E-state index contributed by atoms with van der Waals surface area (Å²) in [5.74, 6) is -2.82. The number of carbonyl (C=O) groups excluding carboxylic acids is 3. The molecule has 0 bridgehead atoms. The van der Waals surface area contributed by atoms with E-state index < -0.39 is 46.8 Å². The molecule has 1 amide bonds. The van der Waals surface area contributed by atoms with Crippen molar-refractivity contribution in [1.82, 2.24) is 4.90 Å². The molecule has 9 nitrogen and oxygen atoms in total. The lowest BCUT2D eigenvalue weighted by atomic mass is 10.1. The molecule has 1 N–H and O–H groups in total. The fraction of sp³-hybridized carbons (Fsp3) is 0.250. The Hall–Kier alpha value is -3.47. The zero-order valence-electron chi connectivity index (χ0n) is 17.0. The van der Waals surface area contributed by atoms with Crippen molar-refractivity contribution < 1.29 is 36.7 Å². The number of nitrogens with one attached hydrogen (secondary N) is 1. The van der Waals surface area contributed by atoms with Crippen molar-refractivity contribution in [2.24, 2.45) is 0 Å². The Kier molecular flexibility index (Phi) is 7.70. The Labute approximate surface area is 178 Å². The highest BCUT2D eigenvalue weighted by Crippen LogP contribution is 2.21. The summed E-state index contributed by atoms with van der Waals surface area (Å²) in [6.07, 6.45) is 0. The second-order valence-corrected chi connectivity index (χ2v) is 8.09. The zero-order valence-corrected chi connectivity index (χ0v) is 17.9. The average molecular weight is 452 g/mol. The van der Waals surface area contributed by atoms with Crippen LogP contribution in [0, 0.1) is 12.7 Å². The number of hydrogen-bond donors (Lipinski definition) is 1. The Bertz CT molecular complexity index is 1070. The smallest absolute Gasteiger partial charge is 0.325 e. The fourth-order valence-electron chi connectivity index (χ4n) is 2.54. The van der Waals surface area contributed by atoms with Crippen LogP contribution in [0.5, 0.6) is 0 Å². The Morgan fingerprint density at radius 2 is 1.52 bits per heavy atom. The number of hydrogen-bond acceptors (Lipinski definition) is 7. The number of esters is 2. The summed E-state index contributed by atoms with van der Waals surface area (Å²) in [4.78, 5) is 37.0. The maximum Gasteiger partial charge on any atom is 0.325 e. The molecule has 31 heavy (non-hydrogen) atoms. The molecular formula is C20H21FN2O7S. The molecule has 0 unspecified atom stereocenters. The quantitative estimate of drug-likeness (QED) is 0.606. The number of ether oxygens (including phenoxy) is 2. The van der Waals surface area contributed by atoms with Crippen molar-refractivity contribution in [1.29, 1.82) is 0 Å². The predicted octanol–water partition coefficient (Wildman–Crippen LogP) is 1.72. The third kappa shape index (κ3) is 6.25. The molecule has 0 saturated carbocycles. The molecule has 0 aliphatic carbocycles. The van der Waals surface area contributed by atoms with Gasteiger partial charge in [-0.2, -0.15) is 0 Å². The first-order chi connectivity index (χ1) is 14.6. The number of halogens is 1. The van der Waals surface area contributed by atoms with E-state index in [1.165, 1.54) is 24.3 Å². The first kappa shape index (κ1) is 23.8. The van der Waals surface area contributed by atoms with Crippen LogP contribution in [0.25, 0.3) is 0 Å². The van der Waals surface area contributed by atoms with Crippen molar-refractivity contribution in [2.45, 2.75) is 11.8 Å². The molecule has 0 atom stereocenters. The predicted molar refractivity (Wildman–Crippen MR) is 108 cm³/mol. The lowest BCUT2D eigenvalue weighted by Crippen LogP contribution is -2.40. The van der Waals surface area contributed by atoms with Gasteiger partial charge in [-0.25, -0.2) is 12.8 Å². The van der Waals surface area contributed by atoms with E-state index in [2.05, 4.69) is 14.2 Å². The van der Waals surface area contributed by atoms with Gasteiger partial charge in [0.05, 0.1) is 19.1 Å². The molecule has 2 aromatic carbocycles. The van der Waals surface area contributed by atoms with Gasteiger partial charge in [-0.1, -0.05) is 6.07 Å². The number of anilines is 1. The number of carbonyl (C=O) groups is 3. The van der Waals surface area contributed by atoms with Crippen LogP contribution in [-0.2, 0) is 29.1 Å². The maximum absolute atomic E-state index is 13.1. The van der Waals surface area contributed by atoms with E-state index in [0.717, 1.165) is 37.3 Å². The maximum atomic E-state index is 13.1. The summed E-state index contributed by atoms with van der Waals surface area (Å²) in [5.41, 5.74) is 0.521. The van der Waals surface area contributed by atoms with Gasteiger partial charge in [0, 0.05) is 11.3 Å². The molecule has 0 heterocycles. The highest BCUT2D eigenvalue weighted by molar-refractivity contribution is 7.92. The molecule has 2 rings (SSSR count). The van der Waals surface area contributed by atoms with E-state index >= 15 is 0 Å². The first-order valence-electron chi connectivity index (χ1n) is 8.89. The van der Waals surface area contributed by atoms with Crippen LogP contribution in [0.15, 0.2) is 47.4 Å². The SMILES string of the molecule is COC(=O)CN(CC(=O)OC)C(=O)c1cc(S(=O)(=O)Nc2ccc(F)cc2)ccc1C. The van der Waals surface area contributed by atoms with Crippen molar-refractivity contribution in [3.8, 4) is 0 Å². The summed E-state index contributed by atoms with van der Waals surface area (Å²) >= 11 is 0. The summed E-state index contributed by atoms with van der Waals surface area (Å²) in [5, 5.41) is 0. The highest BCUT2D eigenvalue weighted by atomic mass is 32.2. The Morgan fingerprint density at radius 1 is 0.968 bits per heavy atom. The van der Waals surface area contributed by atoms with Gasteiger partial charge < -0.3 is 14.4 Å². The topological polar surface area (TPSA) is 119 Å². The number of sulfonamides is 1. The summed E-state index contributed by atoms with van der Waals surface area (Å²) in [6, 6.07) is 8.54. The minimum Gasteiger partial charge on any atom is -0.468 e. The molecule has 0 fully saturated rings. The second-order valence-electron chi connectivity index (χ2n) is 6.40. The monoisotopic (exact) mass is 452 g/mol. The lowest BCUT2D eigenvalue weighted by Gasteiger charge is -2.21. The number of amides is 1. The molecule has 11 heteroatoms. The standard InChI is InChI=1S/C20H21FN2O7S/c1-13-4-9-16(31(27,28)22-15-7-5-14(21)6-8-15)10-17(13)20(26)23(11-18(24)29-2)12-19(25)30-3/h4-10,22H,11-12H2,1-3H3. The zero-order chi connectivity index (χ0) is 23.2. The van der Waals surface area contributed by atoms with Crippen LogP contribution in [-0.4, -0.2) is 58.5 Å². The number of nitrogens with zero attached hydrogens (tertiary/aromatic N) is 1. The van der Waals surface area contributed by atoms with Crippen LogP contribution in [0.1, 0.15) is 15.9 Å². The molecule has 0 aromatic heterocycles. The van der Waals surface area contributed by atoms with Gasteiger partial charge in [-0.15, -0.1) is 0 Å². The molecule has 2 aromatic rings. The van der Waals surface area contributed by atoms with Gasteiger partial charge >= 0.3 is 11.9 Å². The average Bonchev–Trinajstić information content (AvgIpc) is 2.74. The highest BCUT2D eigenvalue weighted by Gasteiger charge is 2.25. The third-order valence-electron chi connectivity index (χ3n) is 4.23. The van der Waals surface area contributed by atoms with E-state index in [0.29, 0.717) is 5.56 Å². The normalized spacial score (nSPS) is 10.8. The summed E-state index contributed by atoms with van der Waals surface area (Å²) in [6.45, 7) is 0.509. The molecule has 0 aliphatic heterocycles. The van der Waals surface area contributed by atoms with Crippen LogP contribution in [0.2, 0.25) is 0 Å². The van der Waals surface area contributed by atoms with Crippen molar-refractivity contribution in [2.75, 3.05) is 32.0 Å². The summed E-state index contributed by atoms with van der Waals surface area (Å²) in [7, 11) is -1.85. The summed E-state index contributed by atoms with van der Waals surface area (Å²) < 4.78 is 49.9. The molecule has 0 aliphatic rings. The largest absolute Gasteiger partial charge is 0.468 e.